The summed E-state index contributed by atoms with van der Waals surface area (Å²) in [5.74, 6) is -0.0440. The highest BCUT2D eigenvalue weighted by molar-refractivity contribution is 5.99. The molecule has 4 N–H and O–H groups in total. The van der Waals surface area contributed by atoms with Gasteiger partial charge in [-0.15, -0.1) is 0 Å². The van der Waals surface area contributed by atoms with Gasteiger partial charge in [-0.2, -0.15) is 5.10 Å². The summed E-state index contributed by atoms with van der Waals surface area (Å²) in [4.78, 5) is 26.1. The molecule has 0 saturated heterocycles. The van der Waals surface area contributed by atoms with Gasteiger partial charge in [-0.25, -0.2) is 4.98 Å². The number of nitrogens with one attached hydrogen (secondary N) is 2. The Labute approximate surface area is 113 Å². The average molecular weight is 276 g/mol. The summed E-state index contributed by atoms with van der Waals surface area (Å²) < 4.78 is 0. The van der Waals surface area contributed by atoms with Gasteiger partial charge in [-0.05, 0) is 13.0 Å². The van der Waals surface area contributed by atoms with Crippen LogP contribution in [0.15, 0.2) is 24.5 Å². The number of anilines is 1. The van der Waals surface area contributed by atoms with E-state index in [0.717, 1.165) is 6.07 Å². The third kappa shape index (κ3) is 2.71. The van der Waals surface area contributed by atoms with E-state index in [9.17, 15) is 14.9 Å². The van der Waals surface area contributed by atoms with Gasteiger partial charge in [0.2, 0.25) is 0 Å². The fourth-order valence-electron chi connectivity index (χ4n) is 1.62. The van der Waals surface area contributed by atoms with Crippen LogP contribution in [0, 0.1) is 10.1 Å². The van der Waals surface area contributed by atoms with Crippen LogP contribution in [0.1, 0.15) is 29.1 Å². The van der Waals surface area contributed by atoms with Gasteiger partial charge in [0, 0.05) is 17.8 Å². The maximum absolute atomic E-state index is 12.1. The Morgan fingerprint density at radius 1 is 1.55 bits per heavy atom. The lowest BCUT2D eigenvalue weighted by atomic mass is 10.1. The van der Waals surface area contributed by atoms with Gasteiger partial charge in [0.25, 0.3) is 11.6 Å². The number of amides is 1. The van der Waals surface area contributed by atoms with E-state index in [4.69, 9.17) is 5.73 Å². The number of non-ortho nitro benzene ring substituents is 1. The van der Waals surface area contributed by atoms with E-state index in [1.165, 1.54) is 18.5 Å². The molecule has 9 nitrogen and oxygen atoms in total. The highest BCUT2D eigenvalue weighted by Gasteiger charge is 2.18. The summed E-state index contributed by atoms with van der Waals surface area (Å²) in [6, 6.07) is 3.28. The normalized spacial score (nSPS) is 11.8. The van der Waals surface area contributed by atoms with Crippen molar-refractivity contribution in [2.45, 2.75) is 13.0 Å². The molecular formula is C11H12N6O3. The predicted octanol–water partition coefficient (Wildman–Crippen LogP) is 0.786. The minimum absolute atomic E-state index is 0.0468. The number of benzene rings is 1. The summed E-state index contributed by atoms with van der Waals surface area (Å²) in [7, 11) is 0. The first-order valence-electron chi connectivity index (χ1n) is 5.69. The van der Waals surface area contributed by atoms with Crippen LogP contribution in [-0.4, -0.2) is 26.0 Å². The number of aromatic amines is 1. The molecular weight excluding hydrogens is 264 g/mol. The first-order chi connectivity index (χ1) is 9.49. The van der Waals surface area contributed by atoms with Gasteiger partial charge < -0.3 is 11.1 Å². The molecule has 1 unspecified atom stereocenters. The van der Waals surface area contributed by atoms with E-state index >= 15 is 0 Å². The lowest BCUT2D eigenvalue weighted by molar-refractivity contribution is -0.384. The predicted molar refractivity (Wildman–Crippen MR) is 69.8 cm³/mol. The van der Waals surface area contributed by atoms with Crippen molar-refractivity contribution < 1.29 is 9.72 Å². The average Bonchev–Trinajstić information content (AvgIpc) is 2.92. The van der Waals surface area contributed by atoms with E-state index in [1.807, 2.05) is 0 Å². The molecule has 0 spiro atoms. The SMILES string of the molecule is CC(NC(=O)c1cc([N+](=O)[O-])ccc1N)c1ncn[nH]1. The van der Waals surface area contributed by atoms with Crippen LogP contribution in [0.4, 0.5) is 11.4 Å². The van der Waals surface area contributed by atoms with Crippen molar-refractivity contribution in [2.75, 3.05) is 5.73 Å². The van der Waals surface area contributed by atoms with E-state index in [1.54, 1.807) is 6.92 Å². The molecule has 1 aromatic carbocycles. The van der Waals surface area contributed by atoms with E-state index < -0.39 is 16.9 Å². The van der Waals surface area contributed by atoms with Crippen LogP contribution >= 0.6 is 0 Å². The Morgan fingerprint density at radius 3 is 2.90 bits per heavy atom. The summed E-state index contributed by atoms with van der Waals surface area (Å²) in [6.07, 6.45) is 1.32. The highest BCUT2D eigenvalue weighted by atomic mass is 16.6. The van der Waals surface area contributed by atoms with Crippen molar-refractivity contribution in [3.05, 3.63) is 46.0 Å². The largest absolute Gasteiger partial charge is 0.398 e. The number of nitrogens with two attached hydrogens (primary N) is 1. The second-order valence-electron chi connectivity index (χ2n) is 4.09. The lowest BCUT2D eigenvalue weighted by Gasteiger charge is -2.12. The number of H-pyrrole nitrogens is 1. The molecule has 20 heavy (non-hydrogen) atoms. The summed E-state index contributed by atoms with van der Waals surface area (Å²) >= 11 is 0. The Balaban J connectivity index is 2.20. The maximum atomic E-state index is 12.1. The third-order valence-corrected chi connectivity index (χ3v) is 2.68. The zero-order valence-corrected chi connectivity index (χ0v) is 10.5. The van der Waals surface area contributed by atoms with Crippen LogP contribution in [0.2, 0.25) is 0 Å². The number of carbonyl (C=O) groups is 1. The summed E-state index contributed by atoms with van der Waals surface area (Å²) in [5, 5.41) is 19.6. The zero-order valence-electron chi connectivity index (χ0n) is 10.5. The Hall–Kier alpha value is -2.97. The fourth-order valence-corrected chi connectivity index (χ4v) is 1.62. The first kappa shape index (κ1) is 13.5. The fraction of sp³-hybridized carbons (Fsp3) is 0.182. The number of carbonyl (C=O) groups excluding carboxylic acids is 1. The van der Waals surface area contributed by atoms with Gasteiger partial charge in [-0.1, -0.05) is 0 Å². The Bertz CT molecular complexity index is 640. The minimum Gasteiger partial charge on any atom is -0.398 e. The molecule has 104 valence electrons. The number of nitrogens with zero attached hydrogens (tertiary/aromatic N) is 3. The van der Waals surface area contributed by atoms with Crippen molar-refractivity contribution in [1.82, 2.24) is 20.5 Å². The van der Waals surface area contributed by atoms with Crippen LogP contribution in [0.25, 0.3) is 0 Å². The van der Waals surface area contributed by atoms with E-state index in [-0.39, 0.29) is 16.9 Å². The smallest absolute Gasteiger partial charge is 0.270 e. The molecule has 0 aliphatic carbocycles. The molecule has 1 aromatic heterocycles. The van der Waals surface area contributed by atoms with E-state index in [2.05, 4.69) is 20.5 Å². The quantitative estimate of drug-likeness (QED) is 0.428. The molecule has 2 rings (SSSR count). The standard InChI is InChI=1S/C11H12N6O3/c1-6(10-13-5-14-16-10)15-11(18)8-4-7(17(19)20)2-3-9(8)12/h2-6H,12H2,1H3,(H,15,18)(H,13,14,16). The number of aromatic nitrogens is 3. The van der Waals surface area contributed by atoms with Gasteiger partial charge in [0.1, 0.15) is 12.2 Å². The van der Waals surface area contributed by atoms with E-state index in [0.29, 0.717) is 5.82 Å². The zero-order chi connectivity index (χ0) is 14.7. The van der Waals surface area contributed by atoms with Crippen LogP contribution < -0.4 is 11.1 Å². The Morgan fingerprint density at radius 2 is 2.30 bits per heavy atom. The van der Waals surface area contributed by atoms with Crippen LogP contribution in [0.5, 0.6) is 0 Å². The second kappa shape index (κ2) is 5.34. The van der Waals surface area contributed by atoms with Gasteiger partial charge >= 0.3 is 0 Å². The molecule has 0 saturated carbocycles. The lowest BCUT2D eigenvalue weighted by Crippen LogP contribution is -2.28. The topological polar surface area (TPSA) is 140 Å². The molecule has 0 fully saturated rings. The van der Waals surface area contributed by atoms with Crippen LogP contribution in [0.3, 0.4) is 0 Å². The number of nitro groups is 1. The monoisotopic (exact) mass is 276 g/mol. The van der Waals surface area contributed by atoms with Crippen molar-refractivity contribution in [1.29, 1.82) is 0 Å². The first-order valence-corrected chi connectivity index (χ1v) is 5.69. The van der Waals surface area contributed by atoms with Gasteiger partial charge in [0.15, 0.2) is 0 Å². The van der Waals surface area contributed by atoms with Crippen molar-refractivity contribution in [3.8, 4) is 0 Å². The van der Waals surface area contributed by atoms with Crippen molar-refractivity contribution in [2.24, 2.45) is 0 Å². The molecule has 0 aliphatic heterocycles. The number of rotatable bonds is 4. The molecule has 0 aliphatic rings. The molecule has 0 bridgehead atoms. The van der Waals surface area contributed by atoms with Gasteiger partial charge in [0.05, 0.1) is 16.5 Å². The number of nitrogen functional groups attached to an aromatic ring is 1. The van der Waals surface area contributed by atoms with Crippen molar-refractivity contribution >= 4 is 17.3 Å². The third-order valence-electron chi connectivity index (χ3n) is 2.68. The molecule has 2 aromatic rings. The number of hydrogen-bond acceptors (Lipinski definition) is 6. The van der Waals surface area contributed by atoms with Crippen molar-refractivity contribution in [3.63, 3.8) is 0 Å². The molecule has 9 heteroatoms. The second-order valence-corrected chi connectivity index (χ2v) is 4.09. The highest BCUT2D eigenvalue weighted by Crippen LogP contribution is 2.20. The summed E-state index contributed by atoms with van der Waals surface area (Å²) in [6.45, 7) is 1.70. The molecule has 1 heterocycles. The molecule has 1 amide bonds. The minimum atomic E-state index is -0.587. The molecule has 0 radical (unpaired) electrons. The molecule has 1 atom stereocenters. The van der Waals surface area contributed by atoms with Crippen LogP contribution in [-0.2, 0) is 0 Å². The number of nitro benzene ring substituents is 1. The maximum Gasteiger partial charge on any atom is 0.270 e. The summed E-state index contributed by atoms with van der Waals surface area (Å²) in [5.41, 5.74) is 5.68. The number of hydrogen-bond donors (Lipinski definition) is 3. The Kier molecular flexibility index (Phi) is 3.60. The van der Waals surface area contributed by atoms with Gasteiger partial charge in [-0.3, -0.25) is 20.0 Å².